The van der Waals surface area contributed by atoms with E-state index in [9.17, 15) is 0 Å². The van der Waals surface area contributed by atoms with Crippen molar-refractivity contribution in [1.82, 2.24) is 15.2 Å². The van der Waals surface area contributed by atoms with Gasteiger partial charge in [0.15, 0.2) is 0 Å². The second kappa shape index (κ2) is 2.02. The smallest absolute Gasteiger partial charge is 0.0988 e. The lowest BCUT2D eigenvalue weighted by molar-refractivity contribution is 1.07. The fourth-order valence-corrected chi connectivity index (χ4v) is 0.775. The van der Waals surface area contributed by atoms with Crippen molar-refractivity contribution in [3.05, 3.63) is 30.7 Å². The molecule has 3 nitrogen and oxygen atoms in total. The molecule has 47 valence electrons. The molecule has 0 spiro atoms. The van der Waals surface area contributed by atoms with Gasteiger partial charge in [0.05, 0.1) is 17.9 Å². The highest BCUT2D eigenvalue weighted by Gasteiger charge is 1.89. The Hall–Kier alpha value is -1.51. The van der Waals surface area contributed by atoms with Crippen molar-refractivity contribution in [1.29, 1.82) is 0 Å². The average Bonchev–Trinajstić information content (AvgIpc) is 2.05. The fraction of sp³-hybridized carbons (Fsp3) is 0. The van der Waals surface area contributed by atoms with Crippen molar-refractivity contribution in [3.8, 4) is 0 Å². The van der Waals surface area contributed by atoms with E-state index in [0.717, 1.165) is 10.9 Å². The topological polar surface area (TPSA) is 38.7 Å². The van der Waals surface area contributed by atoms with Crippen molar-refractivity contribution in [2.75, 3.05) is 0 Å². The predicted molar refractivity (Wildman–Crippen MR) is 36.2 cm³/mol. The van der Waals surface area contributed by atoms with Crippen molar-refractivity contribution >= 4 is 10.9 Å². The molecule has 0 N–H and O–H groups in total. The summed E-state index contributed by atoms with van der Waals surface area (Å²) in [5.41, 5.74) is 0.831. The van der Waals surface area contributed by atoms with Gasteiger partial charge in [-0.2, -0.15) is 10.2 Å². The molecule has 0 aliphatic carbocycles. The third-order valence-corrected chi connectivity index (χ3v) is 1.24. The van der Waals surface area contributed by atoms with Gasteiger partial charge in [-0.15, -0.1) is 0 Å². The summed E-state index contributed by atoms with van der Waals surface area (Å²) in [4.78, 5) is 3.82. The lowest BCUT2D eigenvalue weighted by Crippen LogP contribution is -1.81. The highest BCUT2D eigenvalue weighted by Crippen LogP contribution is 2.03. The van der Waals surface area contributed by atoms with Gasteiger partial charge in [-0.25, -0.2) is 0 Å². The molecule has 0 bridgehead atoms. The second-order valence-electron chi connectivity index (χ2n) is 1.89. The van der Waals surface area contributed by atoms with E-state index in [1.165, 1.54) is 0 Å². The fourth-order valence-electron chi connectivity index (χ4n) is 0.775. The number of hydrogen-bond acceptors (Lipinski definition) is 3. The number of pyridine rings is 1. The minimum absolute atomic E-state index is 0.831. The summed E-state index contributed by atoms with van der Waals surface area (Å²) in [6.45, 7) is 0. The minimum atomic E-state index is 0.831. The summed E-state index contributed by atoms with van der Waals surface area (Å²) in [5, 5.41) is 8.48. The zero-order valence-corrected chi connectivity index (χ0v) is 5.15. The Morgan fingerprint density at radius 1 is 1.20 bits per heavy atom. The van der Waals surface area contributed by atoms with E-state index in [0.29, 0.717) is 0 Å². The molecule has 10 heavy (non-hydrogen) atoms. The highest BCUT2D eigenvalue weighted by atomic mass is 15.1. The van der Waals surface area contributed by atoms with Crippen molar-refractivity contribution in [2.45, 2.75) is 0 Å². The van der Waals surface area contributed by atoms with Crippen LogP contribution in [0.5, 0.6) is 0 Å². The normalized spacial score (nSPS) is 10.0. The quantitative estimate of drug-likeness (QED) is 0.530. The first-order chi connectivity index (χ1) is 4.97. The first-order valence-corrected chi connectivity index (χ1v) is 2.91. The molecule has 0 atom stereocenters. The summed E-state index contributed by atoms with van der Waals surface area (Å²) >= 11 is 0. The van der Waals surface area contributed by atoms with Crippen LogP contribution in [0.1, 0.15) is 0 Å². The van der Waals surface area contributed by atoms with E-state index < -0.39 is 0 Å². The van der Waals surface area contributed by atoms with Crippen LogP contribution in [0.2, 0.25) is 0 Å². The molecule has 0 aliphatic heterocycles. The molecule has 2 heterocycles. The SMILES string of the molecule is [c]1nccc2nnccc12. The molecule has 0 saturated heterocycles. The van der Waals surface area contributed by atoms with Gasteiger partial charge in [0.1, 0.15) is 0 Å². The first-order valence-electron chi connectivity index (χ1n) is 2.91. The number of fused-ring (bicyclic) bond motifs is 1. The van der Waals surface area contributed by atoms with Crippen molar-refractivity contribution < 1.29 is 0 Å². The second-order valence-corrected chi connectivity index (χ2v) is 1.89. The molecule has 0 amide bonds. The lowest BCUT2D eigenvalue weighted by Gasteiger charge is -1.88. The average molecular weight is 130 g/mol. The molecule has 2 aromatic rings. The molecule has 0 fully saturated rings. The van der Waals surface area contributed by atoms with Crippen LogP contribution in [-0.4, -0.2) is 15.2 Å². The Morgan fingerprint density at radius 2 is 2.20 bits per heavy atom. The molecule has 1 radical (unpaired) electrons. The van der Waals surface area contributed by atoms with Crippen LogP contribution in [0.15, 0.2) is 24.5 Å². The zero-order chi connectivity index (χ0) is 6.81. The molecule has 2 rings (SSSR count). The summed E-state index contributed by atoms with van der Waals surface area (Å²) in [6, 6.07) is 3.63. The molecule has 0 saturated carbocycles. The van der Waals surface area contributed by atoms with Gasteiger partial charge in [-0.05, 0) is 12.1 Å². The summed E-state index contributed by atoms with van der Waals surface area (Å²) in [6.07, 6.45) is 6.07. The predicted octanol–water partition coefficient (Wildman–Crippen LogP) is 0.825. The third kappa shape index (κ3) is 0.719. The van der Waals surface area contributed by atoms with Gasteiger partial charge in [0.25, 0.3) is 0 Å². The first kappa shape index (κ1) is 5.29. The zero-order valence-electron chi connectivity index (χ0n) is 5.15. The van der Waals surface area contributed by atoms with Gasteiger partial charge >= 0.3 is 0 Å². The van der Waals surface area contributed by atoms with Crippen LogP contribution < -0.4 is 0 Å². The number of hydrogen-bond donors (Lipinski definition) is 0. The Morgan fingerprint density at radius 3 is 3.10 bits per heavy atom. The third-order valence-electron chi connectivity index (χ3n) is 1.24. The molecule has 0 unspecified atom stereocenters. The van der Waals surface area contributed by atoms with Crippen LogP contribution in [0.3, 0.4) is 0 Å². The van der Waals surface area contributed by atoms with Crippen LogP contribution in [-0.2, 0) is 0 Å². The van der Waals surface area contributed by atoms with Crippen LogP contribution >= 0.6 is 0 Å². The maximum Gasteiger partial charge on any atom is 0.0988 e. The van der Waals surface area contributed by atoms with Crippen LogP contribution in [0.25, 0.3) is 10.9 Å². The van der Waals surface area contributed by atoms with Gasteiger partial charge < -0.3 is 0 Å². The monoisotopic (exact) mass is 130 g/mol. The molecular weight excluding hydrogens is 126 g/mol. The molecule has 2 aromatic heterocycles. The lowest BCUT2D eigenvalue weighted by atomic mass is 10.3. The largest absolute Gasteiger partial charge is 0.254 e. The number of aromatic nitrogens is 3. The van der Waals surface area contributed by atoms with E-state index in [1.54, 1.807) is 18.5 Å². The van der Waals surface area contributed by atoms with Crippen LogP contribution in [0.4, 0.5) is 0 Å². The van der Waals surface area contributed by atoms with E-state index in [-0.39, 0.29) is 0 Å². The van der Waals surface area contributed by atoms with Gasteiger partial charge in [0.2, 0.25) is 0 Å². The highest BCUT2D eigenvalue weighted by molar-refractivity contribution is 5.75. The number of nitrogens with zero attached hydrogens (tertiary/aromatic N) is 3. The van der Waals surface area contributed by atoms with Gasteiger partial charge in [-0.1, -0.05) is 0 Å². The van der Waals surface area contributed by atoms with Gasteiger partial charge in [0, 0.05) is 11.6 Å². The molecule has 0 aromatic carbocycles. The number of rotatable bonds is 0. The maximum atomic E-state index is 3.86. The van der Waals surface area contributed by atoms with Crippen molar-refractivity contribution in [3.63, 3.8) is 0 Å². The molecular formula is C7H4N3. The Kier molecular flexibility index (Phi) is 1.07. The summed E-state index contributed by atoms with van der Waals surface area (Å²) < 4.78 is 0. The van der Waals surface area contributed by atoms with E-state index in [4.69, 9.17) is 0 Å². The summed E-state index contributed by atoms with van der Waals surface area (Å²) in [7, 11) is 0. The summed E-state index contributed by atoms with van der Waals surface area (Å²) in [5.74, 6) is 0. The van der Waals surface area contributed by atoms with Crippen LogP contribution in [0, 0.1) is 6.20 Å². The Balaban J connectivity index is 2.89. The Bertz CT molecular complexity index is 280. The Labute approximate surface area is 57.7 Å². The van der Waals surface area contributed by atoms with Crippen molar-refractivity contribution in [2.24, 2.45) is 0 Å². The standard InChI is InChI=1S/C7H4N3/c1-4-9-10-7-2-3-8-5-6(1)7/h1-4H. The van der Waals surface area contributed by atoms with E-state index in [2.05, 4.69) is 21.4 Å². The van der Waals surface area contributed by atoms with E-state index in [1.807, 2.05) is 6.07 Å². The minimum Gasteiger partial charge on any atom is -0.254 e. The van der Waals surface area contributed by atoms with E-state index >= 15 is 0 Å². The molecule has 0 aliphatic rings. The van der Waals surface area contributed by atoms with Gasteiger partial charge in [-0.3, -0.25) is 4.98 Å². The maximum absolute atomic E-state index is 3.86. The molecule has 3 heteroatoms.